The summed E-state index contributed by atoms with van der Waals surface area (Å²) in [6.07, 6.45) is 2.96. The average Bonchev–Trinajstić information content (AvgIpc) is 3.90. The number of thiazole rings is 1. The number of fused-ring (bicyclic) bond motifs is 2. The zero-order chi connectivity index (χ0) is 39.5. The number of piperazine rings is 1. The van der Waals surface area contributed by atoms with E-state index in [0.717, 1.165) is 35.1 Å². The molecule has 3 fully saturated rings. The van der Waals surface area contributed by atoms with Gasteiger partial charge in [-0.15, -0.1) is 23.1 Å². The number of carboxylic acid groups (broad SMARTS) is 3. The lowest BCUT2D eigenvalue weighted by atomic mass is 10.0. The number of carboxylic acids is 3. The van der Waals surface area contributed by atoms with Gasteiger partial charge in [0.15, 0.2) is 10.8 Å². The van der Waals surface area contributed by atoms with Gasteiger partial charge in [0.1, 0.15) is 34.2 Å². The Bertz CT molecular complexity index is 2280. The third-order valence-corrected chi connectivity index (χ3v) is 11.8. The first kappa shape index (κ1) is 37.8. The number of aromatic carboxylic acids is 1. The standard InChI is InChI=1S/C34H35FN8O10S2/c1-34(2,32(51)52)53-39-23(20-14-55-33(36)37-20)27(45)38-24-28(46)43-25(31(49)50)15(13-54-29(24)43)11-40-5-7-41(8-6-40)22-10-21-17(9-19(22)35)26(44)18(30(47)48)12-42(21)16-3-4-16/h9-10,12,14,16,24,29H,3-8,11,13H2,1-2H3,(H2,36,37)(H,38,45)(H,47,48)(H,49,50)(H,51,52)/b39-23+/t24-,29-/m1/s1. The van der Waals surface area contributed by atoms with Crippen molar-refractivity contribution in [1.29, 1.82) is 0 Å². The second-order valence-corrected chi connectivity index (χ2v) is 15.9. The second-order valence-electron chi connectivity index (χ2n) is 13.9. The molecule has 0 spiro atoms. The van der Waals surface area contributed by atoms with Crippen LogP contribution in [0, 0.1) is 5.82 Å². The number of nitrogen functional groups attached to an aromatic ring is 1. The first-order valence-electron chi connectivity index (χ1n) is 17.1. The number of nitrogens with two attached hydrogens (primary N) is 1. The molecule has 7 rings (SSSR count). The lowest BCUT2D eigenvalue weighted by molar-refractivity contribution is -0.161. The van der Waals surface area contributed by atoms with Crippen LogP contribution >= 0.6 is 23.1 Å². The van der Waals surface area contributed by atoms with Crippen molar-refractivity contribution in [3.63, 3.8) is 0 Å². The predicted molar refractivity (Wildman–Crippen MR) is 198 cm³/mol. The van der Waals surface area contributed by atoms with Crippen molar-refractivity contribution in [2.75, 3.05) is 49.1 Å². The molecule has 4 aliphatic rings. The number of benzene rings is 1. The number of amides is 2. The number of aromatic nitrogens is 2. The Morgan fingerprint density at radius 3 is 2.40 bits per heavy atom. The van der Waals surface area contributed by atoms with Crippen LogP contribution < -0.4 is 21.4 Å². The highest BCUT2D eigenvalue weighted by Gasteiger charge is 2.54. The Morgan fingerprint density at radius 2 is 1.80 bits per heavy atom. The van der Waals surface area contributed by atoms with Crippen molar-refractivity contribution in [3.8, 4) is 0 Å². The van der Waals surface area contributed by atoms with Gasteiger partial charge in [-0.2, -0.15) is 0 Å². The van der Waals surface area contributed by atoms with E-state index in [1.807, 2.05) is 9.80 Å². The normalized spacial score (nSPS) is 20.6. The monoisotopic (exact) mass is 798 g/mol. The summed E-state index contributed by atoms with van der Waals surface area (Å²) < 4.78 is 17.3. The Kier molecular flexibility index (Phi) is 9.80. The number of halogens is 1. The number of anilines is 2. The summed E-state index contributed by atoms with van der Waals surface area (Å²) in [7, 11) is 0. The number of rotatable bonds is 12. The van der Waals surface area contributed by atoms with Crippen molar-refractivity contribution in [2.24, 2.45) is 5.16 Å². The van der Waals surface area contributed by atoms with Crippen molar-refractivity contribution in [2.45, 2.75) is 49.7 Å². The van der Waals surface area contributed by atoms with Crippen LogP contribution in [-0.2, 0) is 24.0 Å². The Balaban J connectivity index is 1.04. The van der Waals surface area contributed by atoms with E-state index in [9.17, 15) is 44.1 Å². The number of oxime groups is 1. The lowest BCUT2D eigenvalue weighted by Gasteiger charge is -2.50. The molecule has 0 bridgehead atoms. The van der Waals surface area contributed by atoms with E-state index in [1.165, 1.54) is 37.2 Å². The maximum Gasteiger partial charge on any atom is 0.352 e. The summed E-state index contributed by atoms with van der Waals surface area (Å²) in [5.41, 5.74) is 3.37. The van der Waals surface area contributed by atoms with Crippen molar-refractivity contribution >= 4 is 80.3 Å². The molecule has 2 saturated heterocycles. The molecule has 21 heteroatoms. The molecule has 1 aromatic carbocycles. The number of β-lactam (4-membered cyclic amide) rings is 1. The van der Waals surface area contributed by atoms with Crippen LogP contribution in [0.3, 0.4) is 0 Å². The molecule has 6 N–H and O–H groups in total. The minimum Gasteiger partial charge on any atom is -0.478 e. The number of pyridine rings is 1. The molecule has 0 unspecified atom stereocenters. The molecule has 2 amide bonds. The van der Waals surface area contributed by atoms with Crippen molar-refractivity contribution in [1.82, 2.24) is 24.7 Å². The van der Waals surface area contributed by atoms with Gasteiger partial charge in [-0.05, 0) is 44.4 Å². The summed E-state index contributed by atoms with van der Waals surface area (Å²) in [5.74, 6) is -6.02. The molecule has 290 valence electrons. The Labute approximate surface area is 319 Å². The van der Waals surface area contributed by atoms with E-state index in [4.69, 9.17) is 10.6 Å². The molecule has 2 atom stereocenters. The molecule has 2 aromatic heterocycles. The average molecular weight is 799 g/mol. The van der Waals surface area contributed by atoms with Gasteiger partial charge in [0, 0.05) is 61.5 Å². The summed E-state index contributed by atoms with van der Waals surface area (Å²) in [5, 5.41) is 36.2. The van der Waals surface area contributed by atoms with Crippen LogP contribution in [0.25, 0.3) is 10.9 Å². The maximum absolute atomic E-state index is 15.5. The third-order valence-electron chi connectivity index (χ3n) is 9.80. The Morgan fingerprint density at radius 1 is 1.09 bits per heavy atom. The summed E-state index contributed by atoms with van der Waals surface area (Å²) in [6.45, 7) is 4.26. The van der Waals surface area contributed by atoms with E-state index < -0.39 is 69.3 Å². The van der Waals surface area contributed by atoms with Crippen LogP contribution in [-0.4, -0.2) is 126 Å². The van der Waals surface area contributed by atoms with Gasteiger partial charge in [0.05, 0.1) is 11.2 Å². The number of hydrogen-bond acceptors (Lipinski definition) is 14. The number of carbonyl (C=O) groups excluding carboxylic acids is 2. The summed E-state index contributed by atoms with van der Waals surface area (Å²) in [6, 6.07) is 1.58. The number of nitrogens with zero attached hydrogens (tertiary/aromatic N) is 6. The molecular weight excluding hydrogens is 764 g/mol. The van der Waals surface area contributed by atoms with Crippen LogP contribution in [0.4, 0.5) is 15.2 Å². The van der Waals surface area contributed by atoms with Crippen molar-refractivity contribution in [3.05, 3.63) is 62.3 Å². The fraction of sp³-hybridized carbons (Fsp3) is 0.412. The van der Waals surface area contributed by atoms with Gasteiger partial charge in [-0.25, -0.2) is 23.8 Å². The van der Waals surface area contributed by atoms with E-state index in [1.54, 1.807) is 10.6 Å². The van der Waals surface area contributed by atoms with Crippen LogP contribution in [0.2, 0.25) is 0 Å². The molecule has 5 heterocycles. The van der Waals surface area contributed by atoms with Crippen LogP contribution in [0.1, 0.15) is 48.8 Å². The topological polar surface area (TPSA) is 250 Å². The summed E-state index contributed by atoms with van der Waals surface area (Å²) >= 11 is 2.27. The summed E-state index contributed by atoms with van der Waals surface area (Å²) in [4.78, 5) is 89.7. The predicted octanol–water partition coefficient (Wildman–Crippen LogP) is 1.36. The number of thioether (sulfide) groups is 1. The van der Waals surface area contributed by atoms with Crippen LogP contribution in [0.5, 0.6) is 0 Å². The minimum atomic E-state index is -1.80. The molecule has 1 aliphatic carbocycles. The molecule has 18 nitrogen and oxygen atoms in total. The minimum absolute atomic E-state index is 0.00213. The number of nitrogens with one attached hydrogen (secondary N) is 1. The number of carbonyl (C=O) groups is 5. The van der Waals surface area contributed by atoms with Gasteiger partial charge >= 0.3 is 17.9 Å². The van der Waals surface area contributed by atoms with Crippen LogP contribution in [0.15, 0.2) is 44.9 Å². The van der Waals surface area contributed by atoms with Gasteiger partial charge < -0.3 is 40.7 Å². The first-order valence-corrected chi connectivity index (χ1v) is 19.0. The largest absolute Gasteiger partial charge is 0.478 e. The van der Waals surface area contributed by atoms with Gasteiger partial charge in [0.2, 0.25) is 11.0 Å². The maximum atomic E-state index is 15.5. The van der Waals surface area contributed by atoms with Gasteiger partial charge in [-0.3, -0.25) is 24.2 Å². The fourth-order valence-electron chi connectivity index (χ4n) is 6.64. The zero-order valence-corrected chi connectivity index (χ0v) is 31.0. The van der Waals surface area contributed by atoms with E-state index in [0.29, 0.717) is 37.3 Å². The molecule has 0 radical (unpaired) electrons. The first-order chi connectivity index (χ1) is 26.0. The highest BCUT2D eigenvalue weighted by molar-refractivity contribution is 8.00. The Hall–Kier alpha value is -5.54. The highest BCUT2D eigenvalue weighted by atomic mass is 32.2. The van der Waals surface area contributed by atoms with Gasteiger partial charge in [-0.1, -0.05) is 5.16 Å². The second kappa shape index (κ2) is 14.3. The number of aliphatic carboxylic acids is 2. The molecule has 3 aromatic rings. The number of hydrogen-bond donors (Lipinski definition) is 5. The molecule has 3 aliphatic heterocycles. The third kappa shape index (κ3) is 7.09. The molecular formula is C34H35FN8O10S2. The van der Waals surface area contributed by atoms with E-state index in [2.05, 4.69) is 15.5 Å². The quantitative estimate of drug-likeness (QED) is 0.0986. The van der Waals surface area contributed by atoms with Gasteiger partial charge in [0.25, 0.3) is 11.8 Å². The smallest absolute Gasteiger partial charge is 0.352 e. The van der Waals surface area contributed by atoms with E-state index in [-0.39, 0.29) is 45.9 Å². The fourth-order valence-corrected chi connectivity index (χ4v) is 8.52. The van der Waals surface area contributed by atoms with Crippen molar-refractivity contribution < 1.29 is 48.5 Å². The highest BCUT2D eigenvalue weighted by Crippen LogP contribution is 2.41. The molecule has 55 heavy (non-hydrogen) atoms. The zero-order valence-electron chi connectivity index (χ0n) is 29.4. The van der Waals surface area contributed by atoms with E-state index >= 15 is 4.39 Å². The molecule has 1 saturated carbocycles. The lowest BCUT2D eigenvalue weighted by Crippen LogP contribution is -2.71. The SMILES string of the molecule is CC(C)(O/N=C(/C(=O)N[C@@H]1C(=O)N2C(C(=O)O)=C(CN3CCN(c4cc5c(cc4F)c(=O)c(C(=O)O)cn5C4CC4)CC3)CS[C@H]12)c1csc(N)n1)C(=O)O.